The average molecular weight is 448 g/mol. The van der Waals surface area contributed by atoms with E-state index in [4.69, 9.17) is 11.6 Å². The second-order valence-electron chi connectivity index (χ2n) is 7.88. The number of benzene rings is 3. The van der Waals surface area contributed by atoms with Crippen molar-refractivity contribution in [3.8, 4) is 0 Å². The molecule has 1 saturated heterocycles. The molecule has 162 valence electrons. The summed E-state index contributed by atoms with van der Waals surface area (Å²) in [5.41, 5.74) is 0.405. The van der Waals surface area contributed by atoms with Gasteiger partial charge in [-0.05, 0) is 53.4 Å². The molecule has 0 saturated carbocycles. The summed E-state index contributed by atoms with van der Waals surface area (Å²) in [4.78, 5) is 13.6. The molecular formula is C24H21ClF3NO2. The third kappa shape index (κ3) is 4.41. The number of rotatable bonds is 4. The number of hydrogen-bond donors (Lipinski definition) is 1. The van der Waals surface area contributed by atoms with Gasteiger partial charge in [-0.15, -0.1) is 0 Å². The molecule has 1 heterocycles. The molecule has 7 heteroatoms. The standard InChI is InChI=1S/C24H21ClF3NO2/c25-21-11-10-16(13-20(21)24(26,27)28)22(29-12-4-7-17(14-29)23(30)31)19-9-3-6-15-5-1-2-8-18(15)19/h1-3,5-6,8-11,13,17,22H,4,7,12,14H2,(H,30,31). The topological polar surface area (TPSA) is 40.5 Å². The molecule has 1 fully saturated rings. The lowest BCUT2D eigenvalue weighted by Gasteiger charge is -2.38. The number of halogens is 4. The minimum atomic E-state index is -4.58. The quantitative estimate of drug-likeness (QED) is 0.503. The third-order valence-corrected chi connectivity index (χ3v) is 6.23. The summed E-state index contributed by atoms with van der Waals surface area (Å²) in [6.45, 7) is 0.870. The zero-order chi connectivity index (χ0) is 22.2. The van der Waals surface area contributed by atoms with Crippen LogP contribution in [0.4, 0.5) is 13.2 Å². The predicted octanol–water partition coefficient (Wildman–Crippen LogP) is 6.40. The van der Waals surface area contributed by atoms with E-state index >= 15 is 0 Å². The maximum Gasteiger partial charge on any atom is 0.417 e. The molecule has 1 aliphatic heterocycles. The van der Waals surface area contributed by atoms with Crippen molar-refractivity contribution in [2.75, 3.05) is 13.1 Å². The van der Waals surface area contributed by atoms with Crippen molar-refractivity contribution < 1.29 is 23.1 Å². The van der Waals surface area contributed by atoms with Gasteiger partial charge < -0.3 is 5.11 Å². The van der Waals surface area contributed by atoms with Crippen LogP contribution in [0.5, 0.6) is 0 Å². The summed E-state index contributed by atoms with van der Waals surface area (Å²) < 4.78 is 40.7. The Labute approximate surface area is 183 Å². The van der Waals surface area contributed by atoms with Crippen LogP contribution in [0, 0.1) is 5.92 Å². The first-order valence-electron chi connectivity index (χ1n) is 10.1. The Morgan fingerprint density at radius 1 is 1.10 bits per heavy atom. The highest BCUT2D eigenvalue weighted by Crippen LogP contribution is 2.41. The molecule has 3 aromatic carbocycles. The highest BCUT2D eigenvalue weighted by molar-refractivity contribution is 6.31. The lowest BCUT2D eigenvalue weighted by Crippen LogP contribution is -2.41. The Hall–Kier alpha value is -2.57. The first-order valence-corrected chi connectivity index (χ1v) is 10.4. The number of nitrogens with zero attached hydrogens (tertiary/aromatic N) is 1. The monoisotopic (exact) mass is 447 g/mol. The van der Waals surface area contributed by atoms with Gasteiger partial charge in [-0.1, -0.05) is 60.1 Å². The Morgan fingerprint density at radius 2 is 1.84 bits per heavy atom. The van der Waals surface area contributed by atoms with Gasteiger partial charge in [0.25, 0.3) is 0 Å². The molecule has 1 aliphatic rings. The summed E-state index contributed by atoms with van der Waals surface area (Å²) in [6.07, 6.45) is -3.36. The zero-order valence-electron chi connectivity index (χ0n) is 16.6. The van der Waals surface area contributed by atoms with Crippen molar-refractivity contribution in [1.29, 1.82) is 0 Å². The van der Waals surface area contributed by atoms with Crippen LogP contribution in [-0.4, -0.2) is 29.1 Å². The minimum Gasteiger partial charge on any atom is -0.481 e. The van der Waals surface area contributed by atoms with E-state index in [2.05, 4.69) is 0 Å². The highest BCUT2D eigenvalue weighted by Gasteiger charge is 2.36. The number of aliphatic carboxylic acids is 1. The Bertz CT molecular complexity index is 1110. The predicted molar refractivity (Wildman–Crippen MR) is 114 cm³/mol. The molecule has 0 bridgehead atoms. The zero-order valence-corrected chi connectivity index (χ0v) is 17.3. The van der Waals surface area contributed by atoms with Gasteiger partial charge in [-0.25, -0.2) is 0 Å². The smallest absolute Gasteiger partial charge is 0.417 e. The van der Waals surface area contributed by atoms with E-state index in [-0.39, 0.29) is 11.6 Å². The molecule has 0 aliphatic carbocycles. The Balaban J connectivity index is 1.89. The van der Waals surface area contributed by atoms with Crippen LogP contribution in [0.15, 0.2) is 60.7 Å². The Morgan fingerprint density at radius 3 is 2.58 bits per heavy atom. The third-order valence-electron chi connectivity index (χ3n) is 5.90. The molecule has 0 spiro atoms. The number of hydrogen-bond acceptors (Lipinski definition) is 2. The van der Waals surface area contributed by atoms with Crippen LogP contribution in [0.3, 0.4) is 0 Å². The minimum absolute atomic E-state index is 0.271. The maximum absolute atomic E-state index is 13.6. The Kier molecular flexibility index (Phi) is 5.95. The van der Waals surface area contributed by atoms with E-state index in [1.807, 2.05) is 47.4 Å². The number of likely N-dealkylation sites (tertiary alicyclic amines) is 1. The van der Waals surface area contributed by atoms with Crippen LogP contribution in [-0.2, 0) is 11.0 Å². The molecule has 2 atom stereocenters. The van der Waals surface area contributed by atoms with Crippen molar-refractivity contribution in [2.45, 2.75) is 25.1 Å². The van der Waals surface area contributed by atoms with Crippen molar-refractivity contribution >= 4 is 28.3 Å². The van der Waals surface area contributed by atoms with Crippen LogP contribution in [0.2, 0.25) is 5.02 Å². The molecule has 0 aromatic heterocycles. The summed E-state index contributed by atoms with van der Waals surface area (Å²) in [6, 6.07) is 16.9. The normalized spacial score (nSPS) is 18.8. The largest absolute Gasteiger partial charge is 0.481 e. The molecular weight excluding hydrogens is 427 g/mol. The summed E-state index contributed by atoms with van der Waals surface area (Å²) in [7, 11) is 0. The fourth-order valence-electron chi connectivity index (χ4n) is 4.45. The summed E-state index contributed by atoms with van der Waals surface area (Å²) in [5.74, 6) is -1.44. The second-order valence-corrected chi connectivity index (χ2v) is 8.29. The van der Waals surface area contributed by atoms with Crippen LogP contribution >= 0.6 is 11.6 Å². The van der Waals surface area contributed by atoms with Gasteiger partial charge in [0.05, 0.1) is 22.5 Å². The highest BCUT2D eigenvalue weighted by atomic mass is 35.5. The van der Waals surface area contributed by atoms with Crippen molar-refractivity contribution in [3.05, 3.63) is 82.4 Å². The molecule has 2 unspecified atom stereocenters. The van der Waals surface area contributed by atoms with E-state index in [9.17, 15) is 23.1 Å². The van der Waals surface area contributed by atoms with Gasteiger partial charge in [-0.3, -0.25) is 9.69 Å². The van der Waals surface area contributed by atoms with Crippen molar-refractivity contribution in [1.82, 2.24) is 4.90 Å². The fourth-order valence-corrected chi connectivity index (χ4v) is 4.67. The van der Waals surface area contributed by atoms with Gasteiger partial charge in [0.1, 0.15) is 0 Å². The number of alkyl halides is 3. The summed E-state index contributed by atoms with van der Waals surface area (Å²) in [5, 5.41) is 11.1. The van der Waals surface area contributed by atoms with Gasteiger partial charge in [-0.2, -0.15) is 13.2 Å². The first kappa shape index (κ1) is 21.7. The molecule has 0 amide bonds. The molecule has 3 aromatic rings. The molecule has 4 rings (SSSR count). The van der Waals surface area contributed by atoms with Crippen LogP contribution in [0.1, 0.15) is 35.6 Å². The average Bonchev–Trinajstić information content (AvgIpc) is 2.74. The maximum atomic E-state index is 13.6. The molecule has 3 nitrogen and oxygen atoms in total. The SMILES string of the molecule is O=C(O)C1CCCN(C(c2ccc(Cl)c(C(F)(F)F)c2)c2cccc3ccccc23)C1. The van der Waals surface area contributed by atoms with E-state index in [1.54, 1.807) is 6.07 Å². The van der Waals surface area contributed by atoms with E-state index in [0.29, 0.717) is 24.9 Å². The fraction of sp³-hybridized carbons (Fsp3) is 0.292. The van der Waals surface area contributed by atoms with Crippen LogP contribution < -0.4 is 0 Å². The van der Waals surface area contributed by atoms with E-state index in [1.165, 1.54) is 6.07 Å². The molecule has 1 N–H and O–H groups in total. The van der Waals surface area contributed by atoms with Crippen LogP contribution in [0.25, 0.3) is 10.8 Å². The first-order chi connectivity index (χ1) is 14.8. The number of carbonyl (C=O) groups is 1. The molecule has 31 heavy (non-hydrogen) atoms. The number of carboxylic acids is 1. The lowest BCUT2D eigenvalue weighted by atomic mass is 9.88. The lowest BCUT2D eigenvalue weighted by molar-refractivity contribution is -0.143. The number of fused-ring (bicyclic) bond motifs is 1. The van der Waals surface area contributed by atoms with Gasteiger partial charge in [0, 0.05) is 6.54 Å². The van der Waals surface area contributed by atoms with E-state index < -0.39 is 29.7 Å². The number of carboxylic acid groups (broad SMARTS) is 1. The van der Waals surface area contributed by atoms with Gasteiger partial charge in [0.15, 0.2) is 0 Å². The van der Waals surface area contributed by atoms with E-state index in [0.717, 1.165) is 22.4 Å². The van der Waals surface area contributed by atoms with Gasteiger partial charge >= 0.3 is 12.1 Å². The number of piperidine rings is 1. The van der Waals surface area contributed by atoms with Crippen molar-refractivity contribution in [3.63, 3.8) is 0 Å². The van der Waals surface area contributed by atoms with Gasteiger partial charge in [0.2, 0.25) is 0 Å². The summed E-state index contributed by atoms with van der Waals surface area (Å²) >= 11 is 5.87. The second kappa shape index (κ2) is 8.52. The molecule has 0 radical (unpaired) electrons. The van der Waals surface area contributed by atoms with Crippen molar-refractivity contribution in [2.24, 2.45) is 5.92 Å².